The number of hydrogen-bond donors (Lipinski definition) is 2. The van der Waals surface area contributed by atoms with Gasteiger partial charge in [-0.3, -0.25) is 0 Å². The van der Waals surface area contributed by atoms with Crippen LogP contribution < -0.4 is 0 Å². The second-order valence-electron chi connectivity index (χ2n) is 19.6. The fourth-order valence-electron chi connectivity index (χ4n) is 11.4. The van der Waals surface area contributed by atoms with Gasteiger partial charge in [0, 0.05) is 50.2 Å². The minimum atomic E-state index is -0.150. The molecule has 2 aliphatic heterocycles. The average Bonchev–Trinajstić information content (AvgIpc) is 4.12. The van der Waals surface area contributed by atoms with Crippen molar-refractivity contribution in [3.05, 3.63) is 119 Å². The molecular weight excluding hydrogens is 796 g/mol. The molecule has 3 aromatic heterocycles. The highest BCUT2D eigenvalue weighted by atomic mass is 31.0. The summed E-state index contributed by atoms with van der Waals surface area (Å²) in [6.07, 6.45) is 28.0. The van der Waals surface area contributed by atoms with E-state index >= 15 is 0 Å². The van der Waals surface area contributed by atoms with Crippen molar-refractivity contribution in [1.82, 2.24) is 19.9 Å². The van der Waals surface area contributed by atoms with Crippen molar-refractivity contribution < 1.29 is 0 Å². The monoisotopic (exact) mass is 856 g/mol. The highest BCUT2D eigenvalue weighted by molar-refractivity contribution is 7.18. The van der Waals surface area contributed by atoms with Gasteiger partial charge < -0.3 is 9.97 Å². The lowest BCUT2D eigenvalue weighted by Gasteiger charge is -2.29. The second-order valence-corrected chi connectivity index (χ2v) is 20.7. The van der Waals surface area contributed by atoms with Gasteiger partial charge in [-0.2, -0.15) is 0 Å². The van der Waals surface area contributed by atoms with Gasteiger partial charge in [0.1, 0.15) is 0 Å². The molecule has 2 N–H and O–H groups in total. The van der Waals surface area contributed by atoms with Crippen molar-refractivity contribution in [2.45, 2.75) is 127 Å². The molecule has 322 valence electrons. The lowest BCUT2D eigenvalue weighted by atomic mass is 9.86. The van der Waals surface area contributed by atoms with Gasteiger partial charge in [0.15, 0.2) is 0 Å². The number of H-pyrrole nitrogens is 2. The molecule has 8 bridgehead atoms. The Kier molecular flexibility index (Phi) is 11.8. The van der Waals surface area contributed by atoms with Crippen molar-refractivity contribution >= 4 is 54.6 Å². The Labute approximate surface area is 382 Å². The number of hydrogen-bond acceptors (Lipinski definition) is 2. The van der Waals surface area contributed by atoms with E-state index in [0.717, 1.165) is 79.9 Å². The van der Waals surface area contributed by atoms with Crippen molar-refractivity contribution in [3.8, 4) is 45.9 Å². The Balaban J connectivity index is 1.28. The van der Waals surface area contributed by atoms with Crippen LogP contribution in [0.3, 0.4) is 0 Å². The summed E-state index contributed by atoms with van der Waals surface area (Å²) in [5, 5.41) is -0.150. The van der Waals surface area contributed by atoms with E-state index < -0.39 is 0 Å². The number of allylic oxidation sites excluding steroid dienone is 2. The standard InChI is InChI=1S/C59H61N4P/c64-59(32-15-3-4-16-33-59)58-55-35-46(31-28-40-18-13-14-19-40)50(61-55)38-49-45(30-29-41-20-17-21-41)34-53(60-49)57(44-26-11-6-12-27-44)54-36-47(42-22-7-1-2-8-23-42)51(62-54)39-52-48(37-56(58)63-52)43-24-9-5-10-25-43/h5-6,9-12,24-27,34-42,60,63H,1-4,7-8,13-23,32-33,64H2. The third-order valence-electron chi connectivity index (χ3n) is 15.2. The molecule has 0 radical (unpaired) electrons. The second kappa shape index (κ2) is 18.2. The molecule has 5 aromatic rings. The lowest BCUT2D eigenvalue weighted by molar-refractivity contribution is 0.401. The van der Waals surface area contributed by atoms with Crippen LogP contribution in [-0.2, 0) is 5.16 Å². The highest BCUT2D eigenvalue weighted by Gasteiger charge is 2.34. The molecule has 5 heteroatoms. The van der Waals surface area contributed by atoms with Gasteiger partial charge in [-0.05, 0) is 110 Å². The van der Waals surface area contributed by atoms with E-state index in [-0.39, 0.29) is 5.16 Å². The Bertz CT molecular complexity index is 2900. The predicted octanol–water partition coefficient (Wildman–Crippen LogP) is 15.5. The highest BCUT2D eigenvalue weighted by Crippen LogP contribution is 2.49. The zero-order chi connectivity index (χ0) is 42.9. The van der Waals surface area contributed by atoms with Crippen LogP contribution in [0.25, 0.3) is 67.6 Å². The summed E-state index contributed by atoms with van der Waals surface area (Å²) >= 11 is 0. The van der Waals surface area contributed by atoms with Crippen LogP contribution in [0, 0.1) is 41.4 Å². The van der Waals surface area contributed by atoms with Crippen molar-refractivity contribution in [2.75, 3.05) is 0 Å². The van der Waals surface area contributed by atoms with Gasteiger partial charge in [0.05, 0.1) is 39.4 Å². The van der Waals surface area contributed by atoms with Gasteiger partial charge in [-0.15, -0.1) is 9.24 Å². The Morgan fingerprint density at radius 3 is 1.84 bits per heavy atom. The minimum absolute atomic E-state index is 0.150. The lowest BCUT2D eigenvalue weighted by Crippen LogP contribution is -2.18. The van der Waals surface area contributed by atoms with Gasteiger partial charge in [0.25, 0.3) is 0 Å². The first-order valence-electron chi connectivity index (χ1n) is 24.7. The topological polar surface area (TPSA) is 57.4 Å². The third-order valence-corrected chi connectivity index (χ3v) is 16.0. The molecule has 0 saturated heterocycles. The largest absolute Gasteiger partial charge is 0.355 e. The van der Waals surface area contributed by atoms with E-state index in [0.29, 0.717) is 17.8 Å². The quantitative estimate of drug-likeness (QED) is 0.107. The molecule has 1 atom stereocenters. The zero-order valence-electron chi connectivity index (χ0n) is 37.4. The maximum atomic E-state index is 5.73. The summed E-state index contributed by atoms with van der Waals surface area (Å²) in [7, 11) is 3.40. The summed E-state index contributed by atoms with van der Waals surface area (Å²) < 4.78 is 0. The Hall–Kier alpha value is -5.41. The van der Waals surface area contributed by atoms with Crippen LogP contribution in [0.4, 0.5) is 0 Å². The molecule has 1 unspecified atom stereocenters. The molecular formula is C59H61N4P. The van der Waals surface area contributed by atoms with E-state index in [1.165, 1.54) is 131 Å². The van der Waals surface area contributed by atoms with Crippen LogP contribution in [0.1, 0.15) is 156 Å². The molecule has 0 spiro atoms. The van der Waals surface area contributed by atoms with E-state index in [1.807, 2.05) is 0 Å². The summed E-state index contributed by atoms with van der Waals surface area (Å²) in [5.41, 5.74) is 17.6. The van der Waals surface area contributed by atoms with Crippen molar-refractivity contribution in [2.24, 2.45) is 17.8 Å². The van der Waals surface area contributed by atoms with Crippen molar-refractivity contribution in [3.63, 3.8) is 0 Å². The molecule has 6 aliphatic rings. The normalized spacial score (nSPS) is 19.3. The average molecular weight is 857 g/mol. The van der Waals surface area contributed by atoms with Crippen LogP contribution in [0.15, 0.2) is 84.9 Å². The molecule has 0 amide bonds. The first kappa shape index (κ1) is 41.3. The molecule has 4 aliphatic carbocycles. The number of nitrogens with one attached hydrogen (secondary N) is 2. The smallest absolute Gasteiger partial charge is 0.0815 e. The van der Waals surface area contributed by atoms with E-state index in [4.69, 9.17) is 9.97 Å². The molecule has 64 heavy (non-hydrogen) atoms. The number of fused-ring (bicyclic) bond motifs is 8. The molecule has 2 aromatic carbocycles. The predicted molar refractivity (Wildman–Crippen MR) is 272 cm³/mol. The molecule has 4 fully saturated rings. The van der Waals surface area contributed by atoms with E-state index in [9.17, 15) is 0 Å². The maximum Gasteiger partial charge on any atom is 0.0815 e. The van der Waals surface area contributed by atoms with Crippen LogP contribution >= 0.6 is 9.24 Å². The van der Waals surface area contributed by atoms with Gasteiger partial charge >= 0.3 is 0 Å². The number of rotatable bonds is 4. The van der Waals surface area contributed by atoms with Gasteiger partial charge in [-0.1, -0.05) is 155 Å². The molecule has 5 heterocycles. The fourth-order valence-corrected chi connectivity index (χ4v) is 12.1. The zero-order valence-corrected chi connectivity index (χ0v) is 38.5. The summed E-state index contributed by atoms with van der Waals surface area (Å²) in [6, 6.07) is 31.2. The van der Waals surface area contributed by atoms with E-state index in [2.05, 4.69) is 140 Å². The SMILES string of the molecule is PC1(c2c3nc(cc4[nH]c(cc4C#CC4CCC4)c(-c4ccccc4)c4nc(cc5[nH]c2cc5-c2ccccc2)C(C2CCCCCC2)=C4)C(C#CC2CCCC2)=C3)CCCCCC1. The van der Waals surface area contributed by atoms with Gasteiger partial charge in [-0.25, -0.2) is 9.97 Å². The maximum absolute atomic E-state index is 5.73. The van der Waals surface area contributed by atoms with Crippen LogP contribution in [0.2, 0.25) is 0 Å². The van der Waals surface area contributed by atoms with Crippen molar-refractivity contribution in [1.29, 1.82) is 0 Å². The molecule has 11 rings (SSSR count). The third kappa shape index (κ3) is 8.48. The Morgan fingerprint density at radius 2 is 1.14 bits per heavy atom. The number of benzene rings is 2. The van der Waals surface area contributed by atoms with Gasteiger partial charge in [0.2, 0.25) is 0 Å². The van der Waals surface area contributed by atoms with E-state index in [1.54, 1.807) is 0 Å². The van der Waals surface area contributed by atoms with Crippen LogP contribution in [-0.4, -0.2) is 19.9 Å². The number of aromatic nitrogens is 4. The first-order chi connectivity index (χ1) is 31.5. The Morgan fingerprint density at radius 1 is 0.531 bits per heavy atom. The molecule has 4 nitrogen and oxygen atoms in total. The van der Waals surface area contributed by atoms with Crippen LogP contribution in [0.5, 0.6) is 0 Å². The summed E-state index contributed by atoms with van der Waals surface area (Å²) in [6.45, 7) is 0. The fraction of sp³-hybridized carbons (Fsp3) is 0.390. The first-order valence-corrected chi connectivity index (χ1v) is 25.3. The number of nitrogens with zero attached hydrogens (tertiary/aromatic N) is 2. The minimum Gasteiger partial charge on any atom is -0.355 e. The summed E-state index contributed by atoms with van der Waals surface area (Å²) in [5.74, 6) is 16.2. The summed E-state index contributed by atoms with van der Waals surface area (Å²) in [4.78, 5) is 19.5. The molecule has 4 saturated carbocycles. The number of aromatic amines is 2.